The van der Waals surface area contributed by atoms with E-state index in [1.807, 2.05) is 6.92 Å². The van der Waals surface area contributed by atoms with E-state index in [0.717, 1.165) is 5.69 Å². The first-order chi connectivity index (χ1) is 11.9. The summed E-state index contributed by atoms with van der Waals surface area (Å²) in [6.45, 7) is 0.486. The van der Waals surface area contributed by atoms with E-state index in [4.69, 9.17) is 4.74 Å². The van der Waals surface area contributed by atoms with Crippen LogP contribution in [0.3, 0.4) is 0 Å². The van der Waals surface area contributed by atoms with Gasteiger partial charge in [0, 0.05) is 17.5 Å². The monoisotopic (exact) mass is 345 g/mol. The lowest BCUT2D eigenvalue weighted by atomic mass is 10.1. The number of alkyl halides is 3. The molecule has 3 aromatic rings. The third-order valence-corrected chi connectivity index (χ3v) is 3.33. The Kier molecular flexibility index (Phi) is 4.65. The van der Waals surface area contributed by atoms with Crippen LogP contribution in [0.5, 0.6) is 5.75 Å². The number of pyridine rings is 1. The molecule has 2 aromatic heterocycles. The molecule has 1 aromatic carbocycles. The number of aryl methyl sites for hydroxylation is 1. The maximum Gasteiger partial charge on any atom is 0.422 e. The molecular formula is C18H14F3N3O. The molecule has 0 saturated heterocycles. The van der Waals surface area contributed by atoms with Gasteiger partial charge in [0.1, 0.15) is 11.4 Å². The van der Waals surface area contributed by atoms with Gasteiger partial charge in [0.05, 0.1) is 5.69 Å². The van der Waals surface area contributed by atoms with Gasteiger partial charge in [0.25, 0.3) is 0 Å². The molecule has 0 bridgehead atoms. The van der Waals surface area contributed by atoms with Gasteiger partial charge in [-0.15, -0.1) is 0 Å². The Morgan fingerprint density at radius 1 is 0.920 bits per heavy atom. The van der Waals surface area contributed by atoms with Crippen molar-refractivity contribution in [1.82, 2.24) is 15.0 Å². The third kappa shape index (κ3) is 4.32. The lowest BCUT2D eigenvalue weighted by molar-refractivity contribution is -0.153. The minimum atomic E-state index is -4.40. The van der Waals surface area contributed by atoms with E-state index in [0.29, 0.717) is 22.8 Å². The number of nitrogens with zero attached hydrogens (tertiary/aromatic N) is 3. The van der Waals surface area contributed by atoms with E-state index in [9.17, 15) is 13.2 Å². The summed E-state index contributed by atoms with van der Waals surface area (Å²) in [6.07, 6.45) is -2.77. The first-order valence-corrected chi connectivity index (χ1v) is 7.48. The quantitative estimate of drug-likeness (QED) is 0.701. The van der Waals surface area contributed by atoms with Crippen LogP contribution in [0, 0.1) is 6.92 Å². The van der Waals surface area contributed by atoms with Crippen molar-refractivity contribution in [1.29, 1.82) is 0 Å². The van der Waals surface area contributed by atoms with E-state index in [-0.39, 0.29) is 5.75 Å². The zero-order valence-electron chi connectivity index (χ0n) is 13.3. The Morgan fingerprint density at radius 3 is 2.44 bits per heavy atom. The standard InChI is InChI=1S/C18H14F3N3O/c1-12-9-10-22-17(23-12)15-7-4-6-14(24-15)13-5-2-3-8-16(13)25-11-18(19,20)21/h2-10H,11H2,1H3. The van der Waals surface area contributed by atoms with Crippen LogP contribution in [-0.4, -0.2) is 27.7 Å². The first kappa shape index (κ1) is 16.9. The fourth-order valence-corrected chi connectivity index (χ4v) is 2.25. The molecule has 0 aliphatic carbocycles. The van der Waals surface area contributed by atoms with Gasteiger partial charge in [-0.25, -0.2) is 15.0 Å². The molecule has 0 atom stereocenters. The Bertz CT molecular complexity index is 881. The lowest BCUT2D eigenvalue weighted by Gasteiger charge is -2.13. The Balaban J connectivity index is 1.96. The predicted octanol–water partition coefficient (Wildman–Crippen LogP) is 4.46. The summed E-state index contributed by atoms with van der Waals surface area (Å²) < 4.78 is 42.2. The van der Waals surface area contributed by atoms with Crippen molar-refractivity contribution >= 4 is 0 Å². The van der Waals surface area contributed by atoms with Crippen LogP contribution in [0.1, 0.15) is 5.69 Å². The SMILES string of the molecule is Cc1ccnc(-c2cccc(-c3ccccc3OCC(F)(F)F)n2)n1. The fraction of sp³-hybridized carbons (Fsp3) is 0.167. The van der Waals surface area contributed by atoms with Gasteiger partial charge in [-0.3, -0.25) is 0 Å². The van der Waals surface area contributed by atoms with Crippen molar-refractivity contribution in [3.63, 3.8) is 0 Å². The zero-order valence-corrected chi connectivity index (χ0v) is 13.3. The Morgan fingerprint density at radius 2 is 1.68 bits per heavy atom. The minimum absolute atomic E-state index is 0.120. The molecule has 0 aliphatic rings. The Hall–Kier alpha value is -2.96. The van der Waals surface area contributed by atoms with Crippen LogP contribution >= 0.6 is 0 Å². The maximum atomic E-state index is 12.4. The molecule has 0 aliphatic heterocycles. The molecule has 0 unspecified atom stereocenters. The van der Waals surface area contributed by atoms with E-state index in [1.165, 1.54) is 6.07 Å². The number of aromatic nitrogens is 3. The van der Waals surface area contributed by atoms with E-state index < -0.39 is 12.8 Å². The van der Waals surface area contributed by atoms with E-state index in [1.54, 1.807) is 48.7 Å². The number of halogens is 3. The smallest absolute Gasteiger partial charge is 0.422 e. The van der Waals surface area contributed by atoms with Crippen molar-refractivity contribution in [2.24, 2.45) is 0 Å². The van der Waals surface area contributed by atoms with E-state index in [2.05, 4.69) is 15.0 Å². The maximum absolute atomic E-state index is 12.4. The summed E-state index contributed by atoms with van der Waals surface area (Å²) in [6, 6.07) is 13.5. The summed E-state index contributed by atoms with van der Waals surface area (Å²) in [5.74, 6) is 0.574. The minimum Gasteiger partial charge on any atom is -0.483 e. The largest absolute Gasteiger partial charge is 0.483 e. The van der Waals surface area contributed by atoms with Gasteiger partial charge in [-0.1, -0.05) is 18.2 Å². The van der Waals surface area contributed by atoms with Crippen LogP contribution < -0.4 is 4.74 Å². The molecule has 0 saturated carbocycles. The van der Waals surface area contributed by atoms with Crippen LogP contribution in [0.25, 0.3) is 22.8 Å². The molecule has 25 heavy (non-hydrogen) atoms. The van der Waals surface area contributed by atoms with Crippen molar-refractivity contribution in [3.05, 3.63) is 60.4 Å². The topological polar surface area (TPSA) is 47.9 Å². The average Bonchev–Trinajstić information content (AvgIpc) is 2.60. The molecule has 7 heteroatoms. The molecule has 0 radical (unpaired) electrons. The van der Waals surface area contributed by atoms with Crippen LogP contribution in [-0.2, 0) is 0 Å². The average molecular weight is 345 g/mol. The number of para-hydroxylation sites is 1. The second kappa shape index (κ2) is 6.88. The summed E-state index contributed by atoms with van der Waals surface area (Å²) in [4.78, 5) is 13.0. The molecule has 128 valence electrons. The van der Waals surface area contributed by atoms with Gasteiger partial charge in [0.15, 0.2) is 12.4 Å². The highest BCUT2D eigenvalue weighted by atomic mass is 19.4. The molecule has 2 heterocycles. The van der Waals surface area contributed by atoms with Gasteiger partial charge in [0.2, 0.25) is 0 Å². The highest BCUT2D eigenvalue weighted by Crippen LogP contribution is 2.30. The molecule has 0 spiro atoms. The van der Waals surface area contributed by atoms with Crippen LogP contribution in [0.4, 0.5) is 13.2 Å². The van der Waals surface area contributed by atoms with Crippen LogP contribution in [0.15, 0.2) is 54.7 Å². The summed E-state index contributed by atoms with van der Waals surface area (Å²) in [7, 11) is 0. The fourth-order valence-electron chi connectivity index (χ4n) is 2.25. The summed E-state index contributed by atoms with van der Waals surface area (Å²) in [5.41, 5.74) is 2.29. The van der Waals surface area contributed by atoms with Gasteiger partial charge in [-0.05, 0) is 37.3 Å². The van der Waals surface area contributed by atoms with Crippen molar-refractivity contribution in [3.8, 4) is 28.5 Å². The first-order valence-electron chi connectivity index (χ1n) is 7.48. The molecule has 4 nitrogen and oxygen atoms in total. The molecule has 0 N–H and O–H groups in total. The number of benzene rings is 1. The van der Waals surface area contributed by atoms with Gasteiger partial charge in [-0.2, -0.15) is 13.2 Å². The second-order valence-electron chi connectivity index (χ2n) is 5.33. The Labute approximate surface area is 142 Å². The highest BCUT2D eigenvalue weighted by molar-refractivity contribution is 5.69. The zero-order chi connectivity index (χ0) is 17.9. The van der Waals surface area contributed by atoms with Crippen LogP contribution in [0.2, 0.25) is 0 Å². The molecule has 0 fully saturated rings. The summed E-state index contributed by atoms with van der Waals surface area (Å²) >= 11 is 0. The molecular weight excluding hydrogens is 331 g/mol. The number of rotatable bonds is 4. The molecule has 3 rings (SSSR count). The summed E-state index contributed by atoms with van der Waals surface area (Å²) in [5, 5.41) is 0. The highest BCUT2D eigenvalue weighted by Gasteiger charge is 2.29. The molecule has 0 amide bonds. The number of ether oxygens (including phenoxy) is 1. The van der Waals surface area contributed by atoms with Crippen molar-refractivity contribution in [2.45, 2.75) is 13.1 Å². The lowest BCUT2D eigenvalue weighted by Crippen LogP contribution is -2.19. The van der Waals surface area contributed by atoms with E-state index >= 15 is 0 Å². The second-order valence-corrected chi connectivity index (χ2v) is 5.33. The van der Waals surface area contributed by atoms with Gasteiger partial charge < -0.3 is 4.74 Å². The van der Waals surface area contributed by atoms with Gasteiger partial charge >= 0.3 is 6.18 Å². The van der Waals surface area contributed by atoms with Crippen molar-refractivity contribution < 1.29 is 17.9 Å². The normalized spacial score (nSPS) is 11.4. The predicted molar refractivity (Wildman–Crippen MR) is 87.0 cm³/mol. The van der Waals surface area contributed by atoms with Crippen molar-refractivity contribution in [2.75, 3.05) is 6.61 Å². The third-order valence-electron chi connectivity index (χ3n) is 3.33. The number of hydrogen-bond acceptors (Lipinski definition) is 4. The number of hydrogen-bond donors (Lipinski definition) is 0.